The summed E-state index contributed by atoms with van der Waals surface area (Å²) in [5, 5.41) is 0.400. The summed E-state index contributed by atoms with van der Waals surface area (Å²) in [4.78, 5) is 0. The fraction of sp³-hybridized carbons (Fsp3) is 0.333. The number of allylic oxidation sites excluding steroid dienone is 5. The van der Waals surface area contributed by atoms with E-state index in [9.17, 15) is 13.2 Å². The van der Waals surface area contributed by atoms with Crippen LogP contribution in [0.1, 0.15) is 6.92 Å². The minimum absolute atomic E-state index is 0.400. The second kappa shape index (κ2) is 5.27. The molecule has 0 bridgehead atoms. The average molecular weight is 255 g/mol. The van der Waals surface area contributed by atoms with Crippen LogP contribution in [-0.4, -0.2) is 11.5 Å². The predicted octanol–water partition coefficient (Wildman–Crippen LogP) is 4.00. The molecule has 0 aliphatic rings. The van der Waals surface area contributed by atoms with Gasteiger partial charge in [0, 0.05) is 5.33 Å². The summed E-state index contributed by atoms with van der Waals surface area (Å²) < 4.78 is 36.5. The highest BCUT2D eigenvalue weighted by Crippen LogP contribution is 2.27. The van der Waals surface area contributed by atoms with E-state index in [0.29, 0.717) is 10.9 Å². The van der Waals surface area contributed by atoms with Gasteiger partial charge >= 0.3 is 6.18 Å². The molecule has 0 saturated heterocycles. The van der Waals surface area contributed by atoms with Gasteiger partial charge in [-0.2, -0.15) is 13.2 Å². The van der Waals surface area contributed by atoms with Crippen molar-refractivity contribution in [3.05, 3.63) is 36.0 Å². The number of hydrogen-bond donors (Lipinski definition) is 0. The molecule has 0 nitrogen and oxygen atoms in total. The lowest BCUT2D eigenvalue weighted by molar-refractivity contribution is -0.0881. The van der Waals surface area contributed by atoms with E-state index < -0.39 is 11.7 Å². The van der Waals surface area contributed by atoms with Gasteiger partial charge < -0.3 is 0 Å². The van der Waals surface area contributed by atoms with Gasteiger partial charge in [-0.15, -0.1) is 0 Å². The summed E-state index contributed by atoms with van der Waals surface area (Å²) in [6.45, 7) is 4.80. The first-order valence-electron chi connectivity index (χ1n) is 3.58. The first-order valence-corrected chi connectivity index (χ1v) is 4.70. The Morgan fingerprint density at radius 2 is 2.00 bits per heavy atom. The van der Waals surface area contributed by atoms with Crippen LogP contribution in [0, 0.1) is 0 Å². The van der Waals surface area contributed by atoms with Crippen molar-refractivity contribution in [1.29, 1.82) is 0 Å². The smallest absolute Gasteiger partial charge is 0.166 e. The Morgan fingerprint density at radius 3 is 2.23 bits per heavy atom. The Kier molecular flexibility index (Phi) is 5.06. The molecule has 0 N–H and O–H groups in total. The van der Waals surface area contributed by atoms with Crippen molar-refractivity contribution in [3.63, 3.8) is 0 Å². The Labute approximate surface area is 84.0 Å². The van der Waals surface area contributed by atoms with E-state index >= 15 is 0 Å². The lowest BCUT2D eigenvalue weighted by Gasteiger charge is -2.07. The molecule has 0 aromatic rings. The summed E-state index contributed by atoms with van der Waals surface area (Å²) in [6, 6.07) is 0. The molecule has 0 radical (unpaired) electrons. The quantitative estimate of drug-likeness (QED) is 0.528. The molecule has 0 unspecified atom stereocenters. The Bertz CT molecular complexity index is 236. The first-order chi connectivity index (χ1) is 5.95. The van der Waals surface area contributed by atoms with Gasteiger partial charge in [-0.25, -0.2) is 0 Å². The Hall–Kier alpha value is -0.510. The molecule has 4 heteroatoms. The normalized spacial score (nSPS) is 14.5. The summed E-state index contributed by atoms with van der Waals surface area (Å²) in [5.74, 6) is 0. The van der Waals surface area contributed by atoms with Gasteiger partial charge in [0.1, 0.15) is 0 Å². The molecule has 0 amide bonds. The summed E-state index contributed by atoms with van der Waals surface area (Å²) in [5.41, 5.74) is -0.146. The monoisotopic (exact) mass is 254 g/mol. The molecule has 0 rings (SSSR count). The highest BCUT2D eigenvalue weighted by Gasteiger charge is 2.31. The zero-order valence-electron chi connectivity index (χ0n) is 7.16. The van der Waals surface area contributed by atoms with E-state index in [1.165, 1.54) is 0 Å². The zero-order chi connectivity index (χ0) is 10.5. The molecule has 13 heavy (non-hydrogen) atoms. The SMILES string of the molecule is C=C/C(=C\C(=C/C)CBr)C(F)(F)F. The van der Waals surface area contributed by atoms with Crippen LogP contribution in [0.25, 0.3) is 0 Å². The minimum Gasteiger partial charge on any atom is -0.166 e. The second-order valence-electron chi connectivity index (χ2n) is 2.30. The lowest BCUT2D eigenvalue weighted by atomic mass is 10.1. The van der Waals surface area contributed by atoms with Gasteiger partial charge in [0.2, 0.25) is 0 Å². The number of alkyl halides is 4. The van der Waals surface area contributed by atoms with E-state index in [-0.39, 0.29) is 0 Å². The minimum atomic E-state index is -4.32. The topological polar surface area (TPSA) is 0 Å². The third-order valence-corrected chi connectivity index (χ3v) is 2.06. The molecular weight excluding hydrogens is 245 g/mol. The van der Waals surface area contributed by atoms with Crippen molar-refractivity contribution in [2.24, 2.45) is 0 Å². The van der Waals surface area contributed by atoms with Crippen molar-refractivity contribution in [1.82, 2.24) is 0 Å². The van der Waals surface area contributed by atoms with Gasteiger partial charge in [-0.3, -0.25) is 0 Å². The van der Waals surface area contributed by atoms with Crippen LogP contribution in [0.5, 0.6) is 0 Å². The molecule has 0 aromatic heterocycles. The maximum Gasteiger partial charge on any atom is 0.416 e. The third kappa shape index (κ3) is 4.31. The Morgan fingerprint density at radius 1 is 1.46 bits per heavy atom. The molecule has 0 aliphatic heterocycles. The van der Waals surface area contributed by atoms with E-state index in [4.69, 9.17) is 0 Å². The molecule has 0 saturated carbocycles. The maximum atomic E-state index is 12.2. The van der Waals surface area contributed by atoms with Crippen LogP contribution in [0.2, 0.25) is 0 Å². The Balaban J connectivity index is 4.87. The maximum absolute atomic E-state index is 12.2. The van der Waals surface area contributed by atoms with Gasteiger partial charge in [0.05, 0.1) is 5.57 Å². The summed E-state index contributed by atoms with van der Waals surface area (Å²) in [7, 11) is 0. The van der Waals surface area contributed by atoms with E-state index in [2.05, 4.69) is 22.5 Å². The van der Waals surface area contributed by atoms with Crippen LogP contribution in [0.4, 0.5) is 13.2 Å². The summed E-state index contributed by atoms with van der Waals surface area (Å²) in [6.07, 6.45) is -0.823. The van der Waals surface area contributed by atoms with Gasteiger partial charge in [-0.05, 0) is 18.6 Å². The zero-order valence-corrected chi connectivity index (χ0v) is 8.74. The van der Waals surface area contributed by atoms with Crippen molar-refractivity contribution in [3.8, 4) is 0 Å². The van der Waals surface area contributed by atoms with Crippen LogP contribution in [-0.2, 0) is 0 Å². The van der Waals surface area contributed by atoms with Crippen molar-refractivity contribution < 1.29 is 13.2 Å². The second-order valence-corrected chi connectivity index (χ2v) is 2.86. The molecule has 0 atom stereocenters. The highest BCUT2D eigenvalue weighted by molar-refractivity contribution is 9.09. The van der Waals surface area contributed by atoms with Crippen LogP contribution >= 0.6 is 15.9 Å². The average Bonchev–Trinajstić information content (AvgIpc) is 2.04. The molecule has 0 aliphatic carbocycles. The van der Waals surface area contributed by atoms with Gasteiger partial charge in [0.25, 0.3) is 0 Å². The molecule has 74 valence electrons. The highest BCUT2D eigenvalue weighted by atomic mass is 79.9. The fourth-order valence-electron chi connectivity index (χ4n) is 0.655. The molecule has 0 aromatic carbocycles. The molecule has 0 spiro atoms. The summed E-state index contributed by atoms with van der Waals surface area (Å²) >= 11 is 3.09. The van der Waals surface area contributed by atoms with E-state index in [1.807, 2.05) is 0 Å². The van der Waals surface area contributed by atoms with E-state index in [0.717, 1.165) is 12.2 Å². The lowest BCUT2D eigenvalue weighted by Crippen LogP contribution is -2.10. The number of hydrogen-bond acceptors (Lipinski definition) is 0. The van der Waals surface area contributed by atoms with E-state index in [1.54, 1.807) is 13.0 Å². The molecular formula is C9H10BrF3. The predicted molar refractivity (Wildman–Crippen MR) is 51.9 cm³/mol. The molecule has 0 heterocycles. The number of halogens is 4. The third-order valence-electron chi connectivity index (χ3n) is 1.41. The van der Waals surface area contributed by atoms with Gasteiger partial charge in [0.15, 0.2) is 0 Å². The largest absolute Gasteiger partial charge is 0.416 e. The van der Waals surface area contributed by atoms with Crippen LogP contribution < -0.4 is 0 Å². The van der Waals surface area contributed by atoms with Crippen LogP contribution in [0.3, 0.4) is 0 Å². The van der Waals surface area contributed by atoms with Crippen LogP contribution in [0.15, 0.2) is 36.0 Å². The van der Waals surface area contributed by atoms with Crippen molar-refractivity contribution in [2.75, 3.05) is 5.33 Å². The standard InChI is InChI=1S/C9H10BrF3/c1-3-7(6-10)5-8(4-2)9(11,12)13/h3-5H,2,6H2,1H3/b7-3+,8-5+. The van der Waals surface area contributed by atoms with Crippen molar-refractivity contribution in [2.45, 2.75) is 13.1 Å². The fourth-order valence-corrected chi connectivity index (χ4v) is 1.14. The number of rotatable bonds is 3. The molecule has 0 fully saturated rings. The van der Waals surface area contributed by atoms with Crippen molar-refractivity contribution >= 4 is 15.9 Å². The van der Waals surface area contributed by atoms with Gasteiger partial charge in [-0.1, -0.05) is 34.7 Å². The first kappa shape index (κ1) is 12.5.